The molecule has 0 bridgehead atoms. The van der Waals surface area contributed by atoms with E-state index < -0.39 is 5.54 Å². The minimum Gasteiger partial charge on any atom is -0.337 e. The lowest BCUT2D eigenvalue weighted by Gasteiger charge is -2.28. The van der Waals surface area contributed by atoms with E-state index >= 15 is 0 Å². The van der Waals surface area contributed by atoms with E-state index in [0.29, 0.717) is 6.54 Å². The number of amides is 1. The van der Waals surface area contributed by atoms with Gasteiger partial charge in [-0.05, 0) is 44.8 Å². The quantitative estimate of drug-likeness (QED) is 0.803. The lowest BCUT2D eigenvalue weighted by Crippen LogP contribution is -2.51. The average Bonchev–Trinajstić information content (AvgIpc) is 2.47. The molecule has 0 spiro atoms. The highest BCUT2D eigenvalue weighted by molar-refractivity contribution is 5.79. The van der Waals surface area contributed by atoms with Gasteiger partial charge in [0.05, 0.1) is 12.6 Å². The van der Waals surface area contributed by atoms with Crippen LogP contribution in [-0.2, 0) is 11.2 Å². The second kappa shape index (κ2) is 8.55. The molecule has 0 saturated carbocycles. The van der Waals surface area contributed by atoms with Crippen LogP contribution in [0.15, 0.2) is 30.3 Å². The number of nitriles is 1. The molecule has 0 aliphatic carbocycles. The van der Waals surface area contributed by atoms with Gasteiger partial charge in [-0.2, -0.15) is 5.26 Å². The van der Waals surface area contributed by atoms with Gasteiger partial charge in [0.25, 0.3) is 0 Å². The first-order valence-corrected chi connectivity index (χ1v) is 7.82. The van der Waals surface area contributed by atoms with Gasteiger partial charge in [-0.25, -0.2) is 0 Å². The van der Waals surface area contributed by atoms with E-state index in [9.17, 15) is 10.1 Å². The number of likely N-dealkylation sites (N-methyl/N-ethyl adjacent to an activating group) is 1. The Kier molecular flexibility index (Phi) is 7.07. The molecule has 1 aromatic carbocycles. The fourth-order valence-corrected chi connectivity index (χ4v) is 2.15. The van der Waals surface area contributed by atoms with E-state index in [1.165, 1.54) is 5.56 Å². The Morgan fingerprint density at radius 1 is 1.36 bits per heavy atom. The molecule has 1 amide bonds. The molecular formula is C18H27N3O. The van der Waals surface area contributed by atoms with Crippen molar-refractivity contribution in [2.24, 2.45) is 5.92 Å². The first-order valence-electron chi connectivity index (χ1n) is 7.82. The van der Waals surface area contributed by atoms with Gasteiger partial charge in [0.1, 0.15) is 5.54 Å². The Hall–Kier alpha value is -1.86. The number of hydrogen-bond donors (Lipinski definition) is 1. The minimum atomic E-state index is -0.804. The van der Waals surface area contributed by atoms with Gasteiger partial charge in [0, 0.05) is 0 Å². The standard InChI is InChI=1S/C18H27N3O/c1-15(2)18(3,14-19)20-17(22)13-21(4)12-8-11-16-9-6-5-7-10-16/h5-7,9-10,15H,8,11-13H2,1-4H3,(H,20,22)/t18-/m0/s1. The molecule has 1 rings (SSSR count). The Balaban J connectivity index is 2.34. The number of hydrogen-bond acceptors (Lipinski definition) is 3. The molecule has 1 N–H and O–H groups in total. The van der Waals surface area contributed by atoms with Crippen molar-refractivity contribution in [2.75, 3.05) is 20.1 Å². The molecule has 0 radical (unpaired) electrons. The third kappa shape index (κ3) is 5.87. The maximum absolute atomic E-state index is 12.1. The third-order valence-electron chi connectivity index (χ3n) is 4.05. The van der Waals surface area contributed by atoms with Crippen LogP contribution < -0.4 is 5.32 Å². The zero-order chi connectivity index (χ0) is 16.6. The van der Waals surface area contributed by atoms with E-state index in [1.54, 1.807) is 6.92 Å². The predicted molar refractivity (Wildman–Crippen MR) is 89.3 cm³/mol. The normalized spacial score (nSPS) is 13.7. The summed E-state index contributed by atoms with van der Waals surface area (Å²) in [5, 5.41) is 12.1. The van der Waals surface area contributed by atoms with Crippen LogP contribution in [0.3, 0.4) is 0 Å². The van der Waals surface area contributed by atoms with Gasteiger partial charge in [-0.15, -0.1) is 0 Å². The van der Waals surface area contributed by atoms with Crippen molar-refractivity contribution in [3.05, 3.63) is 35.9 Å². The largest absolute Gasteiger partial charge is 0.337 e. The lowest BCUT2D eigenvalue weighted by molar-refractivity contribution is -0.123. The number of rotatable bonds is 8. The van der Waals surface area contributed by atoms with Gasteiger partial charge in [-0.1, -0.05) is 44.2 Å². The smallest absolute Gasteiger partial charge is 0.235 e. The Morgan fingerprint density at radius 3 is 2.55 bits per heavy atom. The highest BCUT2D eigenvalue weighted by Gasteiger charge is 2.29. The molecule has 0 saturated heterocycles. The Morgan fingerprint density at radius 2 is 2.00 bits per heavy atom. The van der Waals surface area contributed by atoms with Crippen LogP contribution in [0.2, 0.25) is 0 Å². The van der Waals surface area contributed by atoms with Crippen LogP contribution in [0, 0.1) is 17.2 Å². The number of nitrogens with zero attached hydrogens (tertiary/aromatic N) is 2. The molecule has 0 aliphatic rings. The molecule has 0 aromatic heterocycles. The second-order valence-electron chi connectivity index (χ2n) is 6.34. The monoisotopic (exact) mass is 301 g/mol. The summed E-state index contributed by atoms with van der Waals surface area (Å²) in [4.78, 5) is 14.1. The SMILES string of the molecule is CC(C)[C@](C)(C#N)NC(=O)CN(C)CCCc1ccccc1. The molecule has 0 aliphatic heterocycles. The van der Waals surface area contributed by atoms with Crippen LogP contribution in [0.5, 0.6) is 0 Å². The highest BCUT2D eigenvalue weighted by atomic mass is 16.2. The molecule has 0 fully saturated rings. The van der Waals surface area contributed by atoms with Gasteiger partial charge in [0.2, 0.25) is 5.91 Å². The summed E-state index contributed by atoms with van der Waals surface area (Å²) in [6, 6.07) is 12.5. The highest BCUT2D eigenvalue weighted by Crippen LogP contribution is 2.14. The van der Waals surface area contributed by atoms with E-state index in [-0.39, 0.29) is 11.8 Å². The summed E-state index contributed by atoms with van der Waals surface area (Å²) in [5.74, 6) is -0.0233. The lowest BCUT2D eigenvalue weighted by atomic mass is 9.90. The minimum absolute atomic E-state index is 0.0739. The first-order chi connectivity index (χ1) is 10.4. The van der Waals surface area contributed by atoms with E-state index in [4.69, 9.17) is 0 Å². The number of carbonyl (C=O) groups excluding carboxylic acids is 1. The number of benzene rings is 1. The zero-order valence-corrected chi connectivity index (χ0v) is 14.1. The number of aryl methyl sites for hydroxylation is 1. The maximum Gasteiger partial charge on any atom is 0.235 e. The van der Waals surface area contributed by atoms with E-state index in [1.807, 2.05) is 44.0 Å². The molecule has 0 heterocycles. The molecule has 1 atom stereocenters. The molecule has 4 nitrogen and oxygen atoms in total. The van der Waals surface area contributed by atoms with Crippen LogP contribution >= 0.6 is 0 Å². The summed E-state index contributed by atoms with van der Waals surface area (Å²) in [5.41, 5.74) is 0.513. The Labute approximate surface area is 134 Å². The van der Waals surface area contributed by atoms with Gasteiger partial charge < -0.3 is 5.32 Å². The van der Waals surface area contributed by atoms with Crippen molar-refractivity contribution >= 4 is 5.91 Å². The maximum atomic E-state index is 12.1. The zero-order valence-electron chi connectivity index (χ0n) is 14.1. The topological polar surface area (TPSA) is 56.1 Å². The van der Waals surface area contributed by atoms with Gasteiger partial charge in [-0.3, -0.25) is 9.69 Å². The first kappa shape index (κ1) is 18.2. The van der Waals surface area contributed by atoms with Crippen LogP contribution in [0.1, 0.15) is 32.8 Å². The fourth-order valence-electron chi connectivity index (χ4n) is 2.15. The van der Waals surface area contributed by atoms with Crippen LogP contribution in [-0.4, -0.2) is 36.5 Å². The van der Waals surface area contributed by atoms with Crippen molar-refractivity contribution in [1.82, 2.24) is 10.2 Å². The summed E-state index contributed by atoms with van der Waals surface area (Å²) in [7, 11) is 1.93. The molecular weight excluding hydrogens is 274 g/mol. The van der Waals surface area contributed by atoms with Crippen molar-refractivity contribution in [1.29, 1.82) is 5.26 Å². The summed E-state index contributed by atoms with van der Waals surface area (Å²) in [6.45, 7) is 6.82. The Bertz CT molecular complexity index is 507. The molecule has 22 heavy (non-hydrogen) atoms. The summed E-state index contributed by atoms with van der Waals surface area (Å²) < 4.78 is 0. The van der Waals surface area contributed by atoms with Crippen LogP contribution in [0.25, 0.3) is 0 Å². The van der Waals surface area contributed by atoms with Gasteiger partial charge >= 0.3 is 0 Å². The molecule has 0 unspecified atom stereocenters. The number of nitrogens with one attached hydrogen (secondary N) is 1. The van der Waals surface area contributed by atoms with Crippen molar-refractivity contribution in [2.45, 2.75) is 39.2 Å². The average molecular weight is 301 g/mol. The number of carbonyl (C=O) groups is 1. The molecule has 1 aromatic rings. The van der Waals surface area contributed by atoms with Crippen molar-refractivity contribution in [3.63, 3.8) is 0 Å². The van der Waals surface area contributed by atoms with Crippen molar-refractivity contribution in [3.8, 4) is 6.07 Å². The van der Waals surface area contributed by atoms with Gasteiger partial charge in [0.15, 0.2) is 0 Å². The third-order valence-corrected chi connectivity index (χ3v) is 4.05. The summed E-state index contributed by atoms with van der Waals surface area (Å²) >= 11 is 0. The molecule has 120 valence electrons. The van der Waals surface area contributed by atoms with E-state index in [0.717, 1.165) is 19.4 Å². The summed E-state index contributed by atoms with van der Waals surface area (Å²) in [6.07, 6.45) is 2.02. The van der Waals surface area contributed by atoms with Crippen molar-refractivity contribution < 1.29 is 4.79 Å². The van der Waals surface area contributed by atoms with Crippen LogP contribution in [0.4, 0.5) is 0 Å². The molecule has 4 heteroatoms. The predicted octanol–water partition coefficient (Wildman–Crippen LogP) is 2.61. The second-order valence-corrected chi connectivity index (χ2v) is 6.34. The fraction of sp³-hybridized carbons (Fsp3) is 0.556. The van der Waals surface area contributed by atoms with E-state index in [2.05, 4.69) is 23.5 Å².